The molecular weight excluding hydrogens is 324 g/mol. The van der Waals surface area contributed by atoms with Crippen LogP contribution in [0.3, 0.4) is 0 Å². The van der Waals surface area contributed by atoms with Gasteiger partial charge in [0.1, 0.15) is 5.69 Å². The summed E-state index contributed by atoms with van der Waals surface area (Å²) in [6.45, 7) is 1.61. The molecule has 2 aromatic rings. The zero-order valence-electron chi connectivity index (χ0n) is 11.2. The number of aromatic nitrogens is 3. The average Bonchev–Trinajstić information content (AvgIpc) is 2.88. The van der Waals surface area contributed by atoms with Gasteiger partial charge in [0.15, 0.2) is 0 Å². The first-order chi connectivity index (χ1) is 9.74. The van der Waals surface area contributed by atoms with Gasteiger partial charge in [0.05, 0.1) is 32.5 Å². The van der Waals surface area contributed by atoms with Crippen molar-refractivity contribution in [1.82, 2.24) is 15.0 Å². The first-order valence-electron chi connectivity index (χ1n) is 6.24. The maximum absolute atomic E-state index is 8.84. The van der Waals surface area contributed by atoms with Gasteiger partial charge in [-0.25, -0.2) is 4.68 Å². The van der Waals surface area contributed by atoms with Crippen molar-refractivity contribution in [2.75, 3.05) is 19.0 Å². The van der Waals surface area contributed by atoms with Crippen LogP contribution in [0, 0.1) is 0 Å². The Morgan fingerprint density at radius 2 is 2.30 bits per heavy atom. The van der Waals surface area contributed by atoms with Crippen molar-refractivity contribution in [3.05, 3.63) is 40.1 Å². The summed E-state index contributed by atoms with van der Waals surface area (Å²) in [6.07, 6.45) is 1.82. The van der Waals surface area contributed by atoms with E-state index in [1.54, 1.807) is 11.8 Å². The molecule has 108 valence electrons. The van der Waals surface area contributed by atoms with Gasteiger partial charge in [-0.2, -0.15) is 0 Å². The maximum atomic E-state index is 8.84. The van der Waals surface area contributed by atoms with E-state index in [1.807, 2.05) is 24.4 Å². The normalized spacial score (nSPS) is 10.8. The molecule has 2 N–H and O–H groups in total. The lowest BCUT2D eigenvalue weighted by Gasteiger charge is -2.12. The summed E-state index contributed by atoms with van der Waals surface area (Å²) in [5.41, 5.74) is 2.89. The van der Waals surface area contributed by atoms with E-state index in [4.69, 9.17) is 9.84 Å². The average molecular weight is 341 g/mol. The van der Waals surface area contributed by atoms with Crippen LogP contribution < -0.4 is 5.32 Å². The molecule has 0 aliphatic rings. The summed E-state index contributed by atoms with van der Waals surface area (Å²) in [4.78, 5) is 0. The maximum Gasteiger partial charge on any atom is 0.102 e. The molecule has 1 heterocycles. The molecular formula is C13H17BrN4O2. The van der Waals surface area contributed by atoms with E-state index in [0.717, 1.165) is 21.4 Å². The van der Waals surface area contributed by atoms with Crippen LogP contribution in [-0.4, -0.2) is 33.8 Å². The second-order valence-corrected chi connectivity index (χ2v) is 5.10. The van der Waals surface area contributed by atoms with Gasteiger partial charge in [-0.1, -0.05) is 27.2 Å². The van der Waals surface area contributed by atoms with Gasteiger partial charge < -0.3 is 15.2 Å². The van der Waals surface area contributed by atoms with E-state index in [-0.39, 0.29) is 6.61 Å². The topological polar surface area (TPSA) is 72.2 Å². The minimum absolute atomic E-state index is 0.0554. The van der Waals surface area contributed by atoms with Crippen LogP contribution in [0.2, 0.25) is 0 Å². The molecule has 0 radical (unpaired) electrons. The molecule has 0 saturated carbocycles. The monoisotopic (exact) mass is 340 g/mol. The third kappa shape index (κ3) is 3.78. The van der Waals surface area contributed by atoms with Crippen LogP contribution in [0.4, 0.5) is 5.69 Å². The quantitative estimate of drug-likeness (QED) is 0.803. The number of rotatable bonds is 7. The van der Waals surface area contributed by atoms with Crippen molar-refractivity contribution in [2.45, 2.75) is 19.7 Å². The van der Waals surface area contributed by atoms with Crippen molar-refractivity contribution in [3.8, 4) is 0 Å². The van der Waals surface area contributed by atoms with Gasteiger partial charge in [-0.3, -0.25) is 0 Å². The summed E-state index contributed by atoms with van der Waals surface area (Å²) >= 11 is 3.52. The summed E-state index contributed by atoms with van der Waals surface area (Å²) in [7, 11) is 1.67. The first kappa shape index (κ1) is 15.0. The Kier molecular flexibility index (Phi) is 5.51. The molecule has 0 bridgehead atoms. The number of aliphatic hydroxyl groups excluding tert-OH is 1. The predicted octanol–water partition coefficient (Wildman–Crippen LogP) is 1.79. The van der Waals surface area contributed by atoms with E-state index in [9.17, 15) is 0 Å². The number of nitrogens with zero attached hydrogens (tertiary/aromatic N) is 3. The van der Waals surface area contributed by atoms with Gasteiger partial charge >= 0.3 is 0 Å². The van der Waals surface area contributed by atoms with Gasteiger partial charge in [-0.05, 0) is 12.1 Å². The third-order valence-electron chi connectivity index (χ3n) is 2.78. The molecule has 1 aromatic carbocycles. The number of hydrogen-bond acceptors (Lipinski definition) is 5. The number of ether oxygens (including phenoxy) is 1. The highest BCUT2D eigenvalue weighted by atomic mass is 79.9. The Hall–Kier alpha value is -1.44. The molecule has 1 aromatic heterocycles. The molecule has 20 heavy (non-hydrogen) atoms. The van der Waals surface area contributed by atoms with Crippen molar-refractivity contribution in [1.29, 1.82) is 0 Å². The number of halogens is 1. The molecule has 0 amide bonds. The number of nitrogens with one attached hydrogen (secondary N) is 1. The van der Waals surface area contributed by atoms with Gasteiger partial charge in [0, 0.05) is 22.8 Å². The first-order valence-corrected chi connectivity index (χ1v) is 7.04. The molecule has 0 atom stereocenters. The molecule has 0 aliphatic carbocycles. The van der Waals surface area contributed by atoms with Crippen molar-refractivity contribution in [2.24, 2.45) is 0 Å². The highest BCUT2D eigenvalue weighted by molar-refractivity contribution is 9.10. The summed E-state index contributed by atoms with van der Waals surface area (Å²) in [5.74, 6) is 0. The Balaban J connectivity index is 2.04. The molecule has 2 rings (SSSR count). The minimum Gasteiger partial charge on any atom is -0.394 e. The second-order valence-electron chi connectivity index (χ2n) is 4.25. The van der Waals surface area contributed by atoms with E-state index >= 15 is 0 Å². The standard InChI is InChI=1S/C13H17BrN4O2/c1-20-9-11-12(14)3-2-4-13(11)15-7-10-8-18(5-6-19)17-16-10/h2-4,8,15,19H,5-7,9H2,1H3. The summed E-state index contributed by atoms with van der Waals surface area (Å²) < 4.78 is 7.83. The number of hydrogen-bond donors (Lipinski definition) is 2. The highest BCUT2D eigenvalue weighted by Crippen LogP contribution is 2.25. The molecule has 0 saturated heterocycles. The van der Waals surface area contributed by atoms with Crippen molar-refractivity contribution < 1.29 is 9.84 Å². The lowest BCUT2D eigenvalue weighted by Crippen LogP contribution is -2.04. The van der Waals surface area contributed by atoms with Crippen LogP contribution in [0.1, 0.15) is 11.3 Å². The van der Waals surface area contributed by atoms with E-state index in [1.165, 1.54) is 0 Å². The highest BCUT2D eigenvalue weighted by Gasteiger charge is 2.07. The van der Waals surface area contributed by atoms with Crippen LogP contribution >= 0.6 is 15.9 Å². The van der Waals surface area contributed by atoms with Gasteiger partial charge in [0.25, 0.3) is 0 Å². The van der Waals surface area contributed by atoms with Crippen molar-refractivity contribution >= 4 is 21.6 Å². The molecule has 0 spiro atoms. The molecule has 0 aliphatic heterocycles. The number of anilines is 1. The Morgan fingerprint density at radius 3 is 3.05 bits per heavy atom. The zero-order chi connectivity index (χ0) is 14.4. The Morgan fingerprint density at radius 1 is 1.45 bits per heavy atom. The molecule has 0 fully saturated rings. The van der Waals surface area contributed by atoms with E-state index in [0.29, 0.717) is 19.7 Å². The smallest absolute Gasteiger partial charge is 0.102 e. The zero-order valence-corrected chi connectivity index (χ0v) is 12.8. The fourth-order valence-electron chi connectivity index (χ4n) is 1.83. The van der Waals surface area contributed by atoms with Crippen LogP contribution in [0.15, 0.2) is 28.9 Å². The summed E-state index contributed by atoms with van der Waals surface area (Å²) in [6, 6.07) is 5.95. The van der Waals surface area contributed by atoms with Gasteiger partial charge in [0.2, 0.25) is 0 Å². The lowest BCUT2D eigenvalue weighted by atomic mass is 10.2. The third-order valence-corrected chi connectivity index (χ3v) is 3.53. The van der Waals surface area contributed by atoms with Crippen molar-refractivity contribution in [3.63, 3.8) is 0 Å². The number of methoxy groups -OCH3 is 1. The van der Waals surface area contributed by atoms with Crippen LogP contribution in [-0.2, 0) is 24.4 Å². The van der Waals surface area contributed by atoms with Crippen LogP contribution in [0.25, 0.3) is 0 Å². The summed E-state index contributed by atoms with van der Waals surface area (Å²) in [5, 5.41) is 20.1. The van der Waals surface area contributed by atoms with E-state index < -0.39 is 0 Å². The predicted molar refractivity (Wildman–Crippen MR) is 79.3 cm³/mol. The number of aliphatic hydroxyl groups is 1. The Labute approximate surface area is 125 Å². The molecule has 7 heteroatoms. The molecule has 0 unspecified atom stereocenters. The van der Waals surface area contributed by atoms with Crippen LogP contribution in [0.5, 0.6) is 0 Å². The minimum atomic E-state index is 0.0554. The Bertz CT molecular complexity index is 559. The number of benzene rings is 1. The lowest BCUT2D eigenvalue weighted by molar-refractivity contribution is 0.185. The fraction of sp³-hybridized carbons (Fsp3) is 0.385. The largest absolute Gasteiger partial charge is 0.394 e. The SMILES string of the molecule is COCc1c(Br)cccc1NCc1cn(CCO)nn1. The fourth-order valence-corrected chi connectivity index (χ4v) is 2.31. The molecule has 6 nitrogen and oxygen atoms in total. The second kappa shape index (κ2) is 7.37. The van der Waals surface area contributed by atoms with E-state index in [2.05, 4.69) is 31.6 Å². The van der Waals surface area contributed by atoms with Gasteiger partial charge in [-0.15, -0.1) is 5.10 Å².